The van der Waals surface area contributed by atoms with Crippen LogP contribution in [-0.4, -0.2) is 65.2 Å². The van der Waals surface area contributed by atoms with E-state index in [9.17, 15) is 14.4 Å². The largest absolute Gasteiger partial charge is 0.376 e. The highest BCUT2D eigenvalue weighted by Gasteiger charge is 2.76. The topological polar surface area (TPSA) is 97.0 Å². The minimum atomic E-state index is -1.22. The predicted octanol–water partition coefficient (Wildman–Crippen LogP) is 4.10. The highest BCUT2D eigenvalue weighted by Crippen LogP contribution is 2.60. The van der Waals surface area contributed by atoms with Crippen LogP contribution in [0.3, 0.4) is 0 Å². The molecule has 5 aliphatic rings. The number of anilines is 1. The second-order valence-corrected chi connectivity index (χ2v) is 12.2. The van der Waals surface area contributed by atoms with Gasteiger partial charge in [0, 0.05) is 24.9 Å². The Morgan fingerprint density at radius 3 is 2.55 bits per heavy atom. The lowest BCUT2D eigenvalue weighted by Gasteiger charge is -2.35. The number of likely N-dealkylation sites (tertiary alicyclic amines) is 1. The third-order valence-electron chi connectivity index (χ3n) is 8.89. The molecule has 3 amide bonds. The lowest BCUT2D eigenvalue weighted by molar-refractivity contribution is -0.145. The van der Waals surface area contributed by atoms with Gasteiger partial charge in [0.1, 0.15) is 11.6 Å². The molecule has 1 aromatic carbocycles. The number of rotatable bonds is 6. The van der Waals surface area contributed by atoms with Gasteiger partial charge in [-0.15, -0.1) is 0 Å². The van der Waals surface area contributed by atoms with Gasteiger partial charge in [-0.3, -0.25) is 14.4 Å². The molecule has 2 bridgehead atoms. The summed E-state index contributed by atoms with van der Waals surface area (Å²) >= 11 is 12.2. The summed E-state index contributed by atoms with van der Waals surface area (Å²) in [6.45, 7) is 2.75. The van der Waals surface area contributed by atoms with E-state index in [0.29, 0.717) is 28.9 Å². The number of benzene rings is 1. The number of hydrogen-bond acceptors (Lipinski definition) is 5. The van der Waals surface area contributed by atoms with E-state index < -0.39 is 29.1 Å². The van der Waals surface area contributed by atoms with Crippen LogP contribution in [-0.2, 0) is 23.9 Å². The summed E-state index contributed by atoms with van der Waals surface area (Å²) in [5.41, 5.74) is -1.77. The normalized spacial score (nSPS) is 36.1. The number of amides is 3. The molecule has 6 rings (SSSR count). The van der Waals surface area contributed by atoms with Crippen LogP contribution in [0.4, 0.5) is 5.69 Å². The Morgan fingerprint density at radius 2 is 1.84 bits per heavy atom. The van der Waals surface area contributed by atoms with Crippen molar-refractivity contribution in [2.75, 3.05) is 18.5 Å². The van der Waals surface area contributed by atoms with E-state index in [0.717, 1.165) is 38.5 Å². The van der Waals surface area contributed by atoms with E-state index in [2.05, 4.69) is 10.6 Å². The summed E-state index contributed by atoms with van der Waals surface area (Å²) in [6, 6.07) is 4.06. The van der Waals surface area contributed by atoms with Crippen LogP contribution in [0.15, 0.2) is 30.4 Å². The number of nitrogens with one attached hydrogen (secondary N) is 2. The summed E-state index contributed by atoms with van der Waals surface area (Å²) < 4.78 is 12.4. The van der Waals surface area contributed by atoms with Crippen LogP contribution in [0.2, 0.25) is 10.0 Å². The summed E-state index contributed by atoms with van der Waals surface area (Å²) in [6.07, 6.45) is 10.5. The third-order valence-corrected chi connectivity index (χ3v) is 9.63. The van der Waals surface area contributed by atoms with Crippen LogP contribution in [0, 0.1) is 11.8 Å². The number of hydrogen-bond donors (Lipinski definition) is 2. The van der Waals surface area contributed by atoms with Gasteiger partial charge in [-0.2, -0.15) is 0 Å². The molecule has 204 valence electrons. The predicted molar refractivity (Wildman–Crippen MR) is 143 cm³/mol. The molecule has 4 heterocycles. The quantitative estimate of drug-likeness (QED) is 0.509. The maximum atomic E-state index is 14.1. The molecule has 4 aliphatic heterocycles. The van der Waals surface area contributed by atoms with Crippen molar-refractivity contribution in [1.82, 2.24) is 10.2 Å². The third kappa shape index (κ3) is 4.24. The van der Waals surface area contributed by atoms with Gasteiger partial charge in [0.25, 0.3) is 0 Å². The molecule has 1 saturated carbocycles. The van der Waals surface area contributed by atoms with Gasteiger partial charge in [-0.05, 0) is 50.8 Å². The first-order valence-corrected chi connectivity index (χ1v) is 14.4. The summed E-state index contributed by atoms with van der Waals surface area (Å²) in [5.74, 6) is -2.48. The van der Waals surface area contributed by atoms with Crippen molar-refractivity contribution in [1.29, 1.82) is 0 Å². The molecule has 6 atom stereocenters. The Kier molecular flexibility index (Phi) is 6.74. The molecule has 0 unspecified atom stereocenters. The summed E-state index contributed by atoms with van der Waals surface area (Å²) in [7, 11) is 0. The van der Waals surface area contributed by atoms with E-state index in [1.165, 1.54) is 6.42 Å². The maximum Gasteiger partial charge on any atom is 0.246 e. The lowest BCUT2D eigenvalue weighted by atomic mass is 9.70. The molecular weight excluding hydrogens is 529 g/mol. The van der Waals surface area contributed by atoms with E-state index in [4.69, 9.17) is 32.7 Å². The fourth-order valence-corrected chi connectivity index (χ4v) is 7.45. The van der Waals surface area contributed by atoms with Crippen molar-refractivity contribution in [3.05, 3.63) is 40.4 Å². The molecule has 38 heavy (non-hydrogen) atoms. The van der Waals surface area contributed by atoms with Crippen LogP contribution < -0.4 is 10.6 Å². The molecule has 1 aliphatic carbocycles. The van der Waals surface area contributed by atoms with Crippen LogP contribution in [0.5, 0.6) is 0 Å². The van der Waals surface area contributed by atoms with Crippen molar-refractivity contribution in [2.45, 2.75) is 81.3 Å². The van der Waals surface area contributed by atoms with Gasteiger partial charge < -0.3 is 25.0 Å². The van der Waals surface area contributed by atoms with E-state index in [1.54, 1.807) is 23.1 Å². The molecule has 0 aromatic heterocycles. The Labute approximate surface area is 232 Å². The summed E-state index contributed by atoms with van der Waals surface area (Å²) in [5, 5.41) is 6.81. The molecular formula is C28H33Cl2N3O5. The Morgan fingerprint density at radius 1 is 1.05 bits per heavy atom. The van der Waals surface area contributed by atoms with Gasteiger partial charge in [0.05, 0.1) is 33.6 Å². The first kappa shape index (κ1) is 26.1. The fraction of sp³-hybridized carbons (Fsp3) is 0.607. The van der Waals surface area contributed by atoms with Gasteiger partial charge in [-0.1, -0.05) is 54.6 Å². The first-order valence-electron chi connectivity index (χ1n) is 13.6. The van der Waals surface area contributed by atoms with Crippen LogP contribution in [0.1, 0.15) is 51.9 Å². The zero-order valence-electron chi connectivity index (χ0n) is 21.4. The number of carbonyl (C=O) groups is 3. The van der Waals surface area contributed by atoms with Crippen molar-refractivity contribution < 1.29 is 23.9 Å². The Hall–Kier alpha value is -2.13. The van der Waals surface area contributed by atoms with E-state index >= 15 is 0 Å². The van der Waals surface area contributed by atoms with Crippen molar-refractivity contribution >= 4 is 46.6 Å². The number of halogens is 2. The molecule has 1 spiro atoms. The Bertz CT molecular complexity index is 1180. The van der Waals surface area contributed by atoms with Crippen molar-refractivity contribution in [3.63, 3.8) is 0 Å². The molecule has 0 radical (unpaired) electrons. The molecule has 10 heteroatoms. The van der Waals surface area contributed by atoms with Crippen molar-refractivity contribution in [2.24, 2.45) is 11.8 Å². The number of carbonyl (C=O) groups excluding carboxylic acids is 3. The molecule has 2 N–H and O–H groups in total. The van der Waals surface area contributed by atoms with Crippen LogP contribution in [0.25, 0.3) is 0 Å². The van der Waals surface area contributed by atoms with E-state index in [1.807, 2.05) is 19.1 Å². The fourth-order valence-electron chi connectivity index (χ4n) is 7.15. The van der Waals surface area contributed by atoms with Crippen molar-refractivity contribution in [3.8, 4) is 0 Å². The standard InChI is InChI=1S/C28H33Cl2N3O5/c1-27-11-12-28(38-27)22(21(27)24(34)32-17-9-10-19(29)20(30)14-17)26(36)33(15-18-8-5-13-37-18)23(28)25(35)31-16-6-3-2-4-7-16/h9-12,14,16,18,21-23H,2-8,13,15H2,1H3,(H,31,35)(H,32,34)/t18-,21-,22+,23-,27+,28-/m0/s1. The van der Waals surface area contributed by atoms with Gasteiger partial charge in [0.15, 0.2) is 0 Å². The molecule has 8 nitrogen and oxygen atoms in total. The number of nitrogens with zero attached hydrogens (tertiary/aromatic N) is 1. The highest BCUT2D eigenvalue weighted by atomic mass is 35.5. The average molecular weight is 562 g/mol. The van der Waals surface area contributed by atoms with Gasteiger partial charge in [-0.25, -0.2) is 0 Å². The second-order valence-electron chi connectivity index (χ2n) is 11.4. The zero-order chi connectivity index (χ0) is 26.7. The smallest absolute Gasteiger partial charge is 0.246 e. The van der Waals surface area contributed by atoms with Gasteiger partial charge >= 0.3 is 0 Å². The first-order chi connectivity index (χ1) is 18.2. The number of ether oxygens (including phenoxy) is 2. The molecule has 4 fully saturated rings. The highest BCUT2D eigenvalue weighted by molar-refractivity contribution is 6.42. The zero-order valence-corrected chi connectivity index (χ0v) is 22.9. The second kappa shape index (κ2) is 9.81. The van der Waals surface area contributed by atoms with E-state index in [-0.39, 0.29) is 29.9 Å². The minimum absolute atomic E-state index is 0.0818. The van der Waals surface area contributed by atoms with Gasteiger partial charge in [0.2, 0.25) is 17.7 Å². The maximum absolute atomic E-state index is 14.1. The number of fused-ring (bicyclic) bond motifs is 1. The molecule has 1 aromatic rings. The SMILES string of the molecule is C[C@]12C=C[C@@]3(O1)[C@H](C(=O)NC1CCCCC1)N(C[C@@H]1CCCO1)C(=O)[C@H]3[C@H]2C(=O)Nc1ccc(Cl)c(Cl)c1. The minimum Gasteiger partial charge on any atom is -0.376 e. The average Bonchev–Trinajstić information content (AvgIpc) is 3.62. The lowest BCUT2D eigenvalue weighted by Crippen LogP contribution is -2.57. The summed E-state index contributed by atoms with van der Waals surface area (Å²) in [4.78, 5) is 43.4. The van der Waals surface area contributed by atoms with Crippen LogP contribution >= 0.6 is 23.2 Å². The Balaban J connectivity index is 1.32. The molecule has 3 saturated heterocycles. The monoisotopic (exact) mass is 561 g/mol.